The average molecular weight is 429 g/mol. The van der Waals surface area contributed by atoms with Crippen LogP contribution in [-0.4, -0.2) is 39.5 Å². The van der Waals surface area contributed by atoms with Gasteiger partial charge in [-0.15, -0.1) is 5.10 Å². The van der Waals surface area contributed by atoms with Gasteiger partial charge in [0.2, 0.25) is 5.88 Å². The summed E-state index contributed by atoms with van der Waals surface area (Å²) in [5, 5.41) is 13.5. The monoisotopic (exact) mass is 428 g/mol. The number of nitrogens with zero attached hydrogens (tertiary/aromatic N) is 4. The van der Waals surface area contributed by atoms with Gasteiger partial charge in [-0.25, -0.2) is 9.18 Å². The summed E-state index contributed by atoms with van der Waals surface area (Å²) in [6.07, 6.45) is 3.97. The Labute approximate surface area is 182 Å². The van der Waals surface area contributed by atoms with E-state index in [2.05, 4.69) is 5.10 Å². The van der Waals surface area contributed by atoms with Crippen LogP contribution in [0.5, 0.6) is 5.88 Å². The number of amides is 1. The molecule has 1 fully saturated rings. The Morgan fingerprint density at radius 2 is 2.00 bits per heavy atom. The Morgan fingerprint density at radius 3 is 2.58 bits per heavy atom. The fourth-order valence-electron chi connectivity index (χ4n) is 3.48. The number of ether oxygens (including phenoxy) is 2. The molecule has 0 unspecified atom stereocenters. The van der Waals surface area contributed by atoms with E-state index in [1.807, 2.05) is 44.6 Å². The van der Waals surface area contributed by atoms with Gasteiger partial charge < -0.3 is 14.4 Å². The van der Waals surface area contributed by atoms with E-state index in [4.69, 9.17) is 14.7 Å². The first kappa shape index (κ1) is 22.6. The second kappa shape index (κ2) is 9.38. The lowest BCUT2D eigenvalue weighted by molar-refractivity contribution is 0.0184. The van der Waals surface area contributed by atoms with Crippen LogP contribution in [-0.2, 0) is 17.8 Å². The third-order valence-electron chi connectivity index (χ3n) is 5.19. The van der Waals surface area contributed by atoms with Gasteiger partial charge in [0.1, 0.15) is 18.0 Å². The van der Waals surface area contributed by atoms with Gasteiger partial charge in [0.05, 0.1) is 17.7 Å². The quantitative estimate of drug-likeness (QED) is 0.695. The molecule has 2 heterocycles. The van der Waals surface area contributed by atoms with Gasteiger partial charge >= 0.3 is 6.09 Å². The third kappa shape index (κ3) is 5.75. The number of benzene rings is 1. The maximum absolute atomic E-state index is 14.1. The molecule has 2 aromatic rings. The summed E-state index contributed by atoms with van der Waals surface area (Å²) in [5.74, 6) is 0.0203. The van der Waals surface area contributed by atoms with Gasteiger partial charge in [0, 0.05) is 30.4 Å². The first-order valence-electron chi connectivity index (χ1n) is 10.6. The molecule has 1 aromatic heterocycles. The number of carbonyl (C=O) groups is 1. The number of rotatable bonds is 5. The summed E-state index contributed by atoms with van der Waals surface area (Å²) >= 11 is 0. The Kier molecular flexibility index (Phi) is 6.84. The summed E-state index contributed by atoms with van der Waals surface area (Å²) in [5.41, 5.74) is 1.09. The van der Waals surface area contributed by atoms with E-state index in [0.29, 0.717) is 24.5 Å². The number of carbonyl (C=O) groups excluding carboxylic acids is 1. The molecular formula is C23H29FN4O3. The van der Waals surface area contributed by atoms with Gasteiger partial charge in [-0.3, -0.25) is 4.68 Å². The molecular weight excluding hydrogens is 399 g/mol. The van der Waals surface area contributed by atoms with E-state index >= 15 is 0 Å². The van der Waals surface area contributed by atoms with E-state index < -0.39 is 11.4 Å². The molecule has 0 saturated carbocycles. The van der Waals surface area contributed by atoms with E-state index in [0.717, 1.165) is 24.8 Å². The molecule has 166 valence electrons. The molecule has 8 heteroatoms. The van der Waals surface area contributed by atoms with Crippen LogP contribution in [0.4, 0.5) is 9.18 Å². The topological polar surface area (TPSA) is 80.4 Å². The molecule has 7 nitrogen and oxygen atoms in total. The molecule has 1 aliphatic rings. The van der Waals surface area contributed by atoms with Crippen LogP contribution < -0.4 is 4.74 Å². The van der Waals surface area contributed by atoms with Crippen molar-refractivity contribution in [3.63, 3.8) is 0 Å². The largest absolute Gasteiger partial charge is 0.471 e. The van der Waals surface area contributed by atoms with Crippen LogP contribution in [0.15, 0.2) is 24.4 Å². The highest BCUT2D eigenvalue weighted by molar-refractivity contribution is 5.68. The Hall–Kier alpha value is -3.08. The van der Waals surface area contributed by atoms with Crippen LogP contribution in [0.1, 0.15) is 63.3 Å². The van der Waals surface area contributed by atoms with Crippen molar-refractivity contribution in [2.75, 3.05) is 13.1 Å². The maximum atomic E-state index is 14.1. The Morgan fingerprint density at radius 1 is 1.29 bits per heavy atom. The predicted octanol–water partition coefficient (Wildman–Crippen LogP) is 4.61. The first-order chi connectivity index (χ1) is 14.7. The lowest BCUT2D eigenvalue weighted by Gasteiger charge is -2.33. The highest BCUT2D eigenvalue weighted by Gasteiger charge is 2.28. The number of nitriles is 1. The molecule has 1 aliphatic heterocycles. The van der Waals surface area contributed by atoms with Crippen LogP contribution in [0, 0.1) is 17.1 Å². The van der Waals surface area contributed by atoms with Gasteiger partial charge in [-0.05, 0) is 52.2 Å². The average Bonchev–Trinajstić information content (AvgIpc) is 3.15. The molecule has 0 aliphatic carbocycles. The number of likely N-dealkylation sites (tertiary alicyclic amines) is 1. The van der Waals surface area contributed by atoms with Gasteiger partial charge in [0.15, 0.2) is 0 Å². The molecule has 0 N–H and O–H groups in total. The van der Waals surface area contributed by atoms with Crippen molar-refractivity contribution in [1.82, 2.24) is 14.7 Å². The minimum atomic E-state index is -0.507. The fraction of sp³-hybridized carbons (Fsp3) is 0.522. The number of aryl methyl sites for hydroxylation is 1. The van der Waals surface area contributed by atoms with E-state index in [9.17, 15) is 9.18 Å². The minimum Gasteiger partial charge on any atom is -0.471 e. The molecule has 1 amide bonds. The summed E-state index contributed by atoms with van der Waals surface area (Å²) in [4.78, 5) is 14.0. The number of hydrogen-bond donors (Lipinski definition) is 0. The SMILES string of the molecule is CCc1cn(C2CCN(C(=O)OC(C)(C)C)CC2)nc1OCc1ccc(C#N)cc1F. The van der Waals surface area contributed by atoms with Crippen molar-refractivity contribution in [2.45, 2.75) is 65.2 Å². The smallest absolute Gasteiger partial charge is 0.410 e. The molecule has 1 saturated heterocycles. The molecule has 0 spiro atoms. The van der Waals surface area contributed by atoms with Gasteiger partial charge in [-0.1, -0.05) is 13.0 Å². The zero-order valence-corrected chi connectivity index (χ0v) is 18.5. The lowest BCUT2D eigenvalue weighted by Crippen LogP contribution is -2.42. The van der Waals surface area contributed by atoms with E-state index in [1.165, 1.54) is 6.07 Å². The van der Waals surface area contributed by atoms with Crippen LogP contribution in [0.3, 0.4) is 0 Å². The third-order valence-corrected chi connectivity index (χ3v) is 5.19. The van der Waals surface area contributed by atoms with Crippen molar-refractivity contribution in [3.05, 3.63) is 46.9 Å². The van der Waals surface area contributed by atoms with Crippen molar-refractivity contribution >= 4 is 6.09 Å². The number of aromatic nitrogens is 2. The zero-order valence-electron chi connectivity index (χ0n) is 18.5. The van der Waals surface area contributed by atoms with Crippen molar-refractivity contribution in [3.8, 4) is 11.9 Å². The second-order valence-corrected chi connectivity index (χ2v) is 8.70. The number of hydrogen-bond acceptors (Lipinski definition) is 5. The second-order valence-electron chi connectivity index (χ2n) is 8.70. The standard InChI is InChI=1S/C23H29FN4O3/c1-5-17-14-28(19-8-10-27(11-9-19)22(29)31-23(2,3)4)26-21(17)30-15-18-7-6-16(13-25)12-20(18)24/h6-7,12,14,19H,5,8-11,15H2,1-4H3. The number of halogens is 1. The predicted molar refractivity (Wildman–Crippen MR) is 113 cm³/mol. The first-order valence-corrected chi connectivity index (χ1v) is 10.6. The van der Waals surface area contributed by atoms with E-state index in [1.54, 1.807) is 17.0 Å². The molecule has 0 bridgehead atoms. The molecule has 0 radical (unpaired) electrons. The minimum absolute atomic E-state index is 0.0403. The normalized spacial score (nSPS) is 14.9. The van der Waals surface area contributed by atoms with Gasteiger partial charge in [-0.2, -0.15) is 5.26 Å². The summed E-state index contributed by atoms with van der Waals surface area (Å²) in [6, 6.07) is 6.41. The molecule has 0 atom stereocenters. The van der Waals surface area contributed by atoms with Crippen LogP contribution in [0.2, 0.25) is 0 Å². The highest BCUT2D eigenvalue weighted by atomic mass is 19.1. The Balaban J connectivity index is 1.62. The zero-order chi connectivity index (χ0) is 22.6. The van der Waals surface area contributed by atoms with Crippen molar-refractivity contribution in [2.24, 2.45) is 0 Å². The van der Waals surface area contributed by atoms with Crippen molar-refractivity contribution < 1.29 is 18.7 Å². The maximum Gasteiger partial charge on any atom is 0.410 e. The van der Waals surface area contributed by atoms with Crippen LogP contribution >= 0.6 is 0 Å². The fourth-order valence-corrected chi connectivity index (χ4v) is 3.48. The molecule has 3 rings (SSSR count). The Bertz CT molecular complexity index is 966. The summed E-state index contributed by atoms with van der Waals surface area (Å²) < 4.78 is 27.3. The highest BCUT2D eigenvalue weighted by Crippen LogP contribution is 2.27. The van der Waals surface area contributed by atoms with Crippen LogP contribution in [0.25, 0.3) is 0 Å². The van der Waals surface area contributed by atoms with Gasteiger partial charge in [0.25, 0.3) is 0 Å². The van der Waals surface area contributed by atoms with E-state index in [-0.39, 0.29) is 24.3 Å². The summed E-state index contributed by atoms with van der Waals surface area (Å²) in [7, 11) is 0. The molecule has 31 heavy (non-hydrogen) atoms. The van der Waals surface area contributed by atoms with Crippen molar-refractivity contribution in [1.29, 1.82) is 5.26 Å². The number of piperidine rings is 1. The lowest BCUT2D eigenvalue weighted by atomic mass is 10.1. The summed E-state index contributed by atoms with van der Waals surface area (Å²) in [6.45, 7) is 8.85. The molecule has 1 aromatic carbocycles.